The number of carbonyl (C=O) groups is 1. The minimum absolute atomic E-state index is 0.0681. The van der Waals surface area contributed by atoms with Crippen LogP contribution >= 0.6 is 11.3 Å². The summed E-state index contributed by atoms with van der Waals surface area (Å²) in [7, 11) is 1.32. The Balaban J connectivity index is 1.58. The van der Waals surface area contributed by atoms with Crippen molar-refractivity contribution in [1.29, 1.82) is 0 Å². The first-order valence-electron chi connectivity index (χ1n) is 8.11. The number of anilines is 2. The quantitative estimate of drug-likeness (QED) is 0.515. The van der Waals surface area contributed by atoms with E-state index in [4.69, 9.17) is 4.74 Å². The molecule has 3 aromatic heterocycles. The standard InChI is InChI=1S/C17H16FN5O2S/c1-25-17(24)15-20-12-4-9-26-14(12)16(21-15)23-7-5-22(6-8-23)11-2-3-13(18)19-10-11/h2-4,9-10H,5-8H2,1H3. The number of rotatable bonds is 3. The van der Waals surface area contributed by atoms with Gasteiger partial charge in [-0.1, -0.05) is 0 Å². The van der Waals surface area contributed by atoms with Gasteiger partial charge in [-0.3, -0.25) is 0 Å². The summed E-state index contributed by atoms with van der Waals surface area (Å²) in [5, 5.41) is 1.93. The van der Waals surface area contributed by atoms with Gasteiger partial charge in [0.05, 0.1) is 29.2 Å². The Morgan fingerprint density at radius 1 is 1.15 bits per heavy atom. The van der Waals surface area contributed by atoms with Gasteiger partial charge >= 0.3 is 5.97 Å². The molecule has 1 aliphatic rings. The number of carbonyl (C=O) groups excluding carboxylic acids is 1. The normalized spacial score (nSPS) is 14.7. The summed E-state index contributed by atoms with van der Waals surface area (Å²) in [6, 6.07) is 4.97. The maximum absolute atomic E-state index is 13.0. The fourth-order valence-corrected chi connectivity index (χ4v) is 3.82. The number of piperazine rings is 1. The third-order valence-electron chi connectivity index (χ3n) is 4.31. The van der Waals surface area contributed by atoms with Gasteiger partial charge in [0.15, 0.2) is 5.82 Å². The molecule has 134 valence electrons. The highest BCUT2D eigenvalue weighted by Gasteiger charge is 2.23. The van der Waals surface area contributed by atoms with E-state index in [2.05, 4.69) is 24.8 Å². The molecular weight excluding hydrogens is 357 g/mol. The second-order valence-electron chi connectivity index (χ2n) is 5.81. The molecule has 7 nitrogen and oxygen atoms in total. The first kappa shape index (κ1) is 16.6. The van der Waals surface area contributed by atoms with Gasteiger partial charge in [-0.15, -0.1) is 11.3 Å². The van der Waals surface area contributed by atoms with Gasteiger partial charge in [-0.2, -0.15) is 4.39 Å². The highest BCUT2D eigenvalue weighted by molar-refractivity contribution is 7.17. The summed E-state index contributed by atoms with van der Waals surface area (Å²) in [4.78, 5) is 28.6. The summed E-state index contributed by atoms with van der Waals surface area (Å²) >= 11 is 1.55. The fourth-order valence-electron chi connectivity index (χ4n) is 2.98. The van der Waals surface area contributed by atoms with Crippen molar-refractivity contribution in [3.63, 3.8) is 0 Å². The Kier molecular flexibility index (Phi) is 4.37. The van der Waals surface area contributed by atoms with E-state index in [0.29, 0.717) is 0 Å². The van der Waals surface area contributed by atoms with Gasteiger partial charge in [0, 0.05) is 26.2 Å². The molecular formula is C17H16FN5O2S. The summed E-state index contributed by atoms with van der Waals surface area (Å²) in [5.41, 5.74) is 1.64. The average Bonchev–Trinajstić information content (AvgIpc) is 3.16. The monoisotopic (exact) mass is 373 g/mol. The average molecular weight is 373 g/mol. The summed E-state index contributed by atoms with van der Waals surface area (Å²) in [6.45, 7) is 2.94. The molecule has 0 amide bonds. The minimum Gasteiger partial charge on any atom is -0.463 e. The van der Waals surface area contributed by atoms with Crippen LogP contribution in [-0.4, -0.2) is 54.2 Å². The Hall–Kier alpha value is -2.81. The molecule has 0 atom stereocenters. The van der Waals surface area contributed by atoms with E-state index in [1.54, 1.807) is 23.6 Å². The second-order valence-corrected chi connectivity index (χ2v) is 6.73. The molecule has 4 heterocycles. The lowest BCUT2D eigenvalue weighted by atomic mass is 10.2. The van der Waals surface area contributed by atoms with Crippen LogP contribution in [0.5, 0.6) is 0 Å². The van der Waals surface area contributed by atoms with Crippen LogP contribution in [0.2, 0.25) is 0 Å². The number of pyridine rings is 1. The lowest BCUT2D eigenvalue weighted by Crippen LogP contribution is -2.47. The predicted molar refractivity (Wildman–Crippen MR) is 97.4 cm³/mol. The van der Waals surface area contributed by atoms with Gasteiger partial charge in [-0.25, -0.2) is 19.7 Å². The molecule has 0 unspecified atom stereocenters. The molecule has 0 saturated carbocycles. The number of esters is 1. The third-order valence-corrected chi connectivity index (χ3v) is 5.21. The maximum atomic E-state index is 13.0. The van der Waals surface area contributed by atoms with E-state index in [0.717, 1.165) is 47.9 Å². The first-order valence-corrected chi connectivity index (χ1v) is 8.98. The number of thiophene rings is 1. The van der Waals surface area contributed by atoms with Crippen molar-refractivity contribution in [3.8, 4) is 0 Å². The molecule has 3 aromatic rings. The molecule has 0 spiro atoms. The van der Waals surface area contributed by atoms with E-state index in [1.165, 1.54) is 13.2 Å². The van der Waals surface area contributed by atoms with E-state index in [-0.39, 0.29) is 5.82 Å². The van der Waals surface area contributed by atoms with Crippen LogP contribution in [0.3, 0.4) is 0 Å². The first-order chi connectivity index (χ1) is 12.7. The van der Waals surface area contributed by atoms with Gasteiger partial charge in [0.1, 0.15) is 0 Å². The van der Waals surface area contributed by atoms with Crippen molar-refractivity contribution in [2.24, 2.45) is 0 Å². The Morgan fingerprint density at radius 3 is 2.62 bits per heavy atom. The number of nitrogens with zero attached hydrogens (tertiary/aromatic N) is 5. The molecule has 26 heavy (non-hydrogen) atoms. The molecule has 9 heteroatoms. The number of aromatic nitrogens is 3. The van der Waals surface area contributed by atoms with Crippen LogP contribution < -0.4 is 9.80 Å². The van der Waals surface area contributed by atoms with E-state index in [9.17, 15) is 9.18 Å². The molecule has 0 N–H and O–H groups in total. The predicted octanol–water partition coefficient (Wildman–Crippen LogP) is 2.34. The lowest BCUT2D eigenvalue weighted by Gasteiger charge is -2.36. The van der Waals surface area contributed by atoms with Crippen molar-refractivity contribution in [2.45, 2.75) is 0 Å². The zero-order valence-corrected chi connectivity index (χ0v) is 14.9. The van der Waals surface area contributed by atoms with Crippen molar-refractivity contribution >= 4 is 39.0 Å². The van der Waals surface area contributed by atoms with Gasteiger partial charge in [0.25, 0.3) is 0 Å². The number of hydrogen-bond acceptors (Lipinski definition) is 8. The largest absolute Gasteiger partial charge is 0.463 e. The molecule has 4 rings (SSSR count). The van der Waals surface area contributed by atoms with Crippen LogP contribution in [0.25, 0.3) is 10.2 Å². The molecule has 0 aliphatic carbocycles. The van der Waals surface area contributed by atoms with E-state index >= 15 is 0 Å². The SMILES string of the molecule is COC(=O)c1nc(N2CCN(c3ccc(F)nc3)CC2)c2sccc2n1. The number of hydrogen-bond donors (Lipinski definition) is 0. The molecule has 0 radical (unpaired) electrons. The highest BCUT2D eigenvalue weighted by Crippen LogP contribution is 2.30. The van der Waals surface area contributed by atoms with Crippen LogP contribution in [0.1, 0.15) is 10.6 Å². The molecule has 1 aliphatic heterocycles. The molecule has 1 fully saturated rings. The highest BCUT2D eigenvalue weighted by atomic mass is 32.1. The Bertz CT molecular complexity index is 938. The van der Waals surface area contributed by atoms with Crippen LogP contribution in [0.15, 0.2) is 29.8 Å². The molecule has 0 bridgehead atoms. The topological polar surface area (TPSA) is 71.5 Å². The molecule has 1 saturated heterocycles. The van der Waals surface area contributed by atoms with Crippen molar-refractivity contribution in [1.82, 2.24) is 15.0 Å². The number of ether oxygens (including phenoxy) is 1. The van der Waals surface area contributed by atoms with Crippen molar-refractivity contribution in [2.75, 3.05) is 43.1 Å². The summed E-state index contributed by atoms with van der Waals surface area (Å²) in [5.74, 6) is -0.208. The zero-order chi connectivity index (χ0) is 18.1. The Labute approximate surface area is 153 Å². The van der Waals surface area contributed by atoms with Crippen LogP contribution in [0.4, 0.5) is 15.9 Å². The lowest BCUT2D eigenvalue weighted by molar-refractivity contribution is 0.0587. The number of halogens is 1. The maximum Gasteiger partial charge on any atom is 0.376 e. The number of methoxy groups -OCH3 is 1. The van der Waals surface area contributed by atoms with Gasteiger partial charge in [0.2, 0.25) is 11.8 Å². The van der Waals surface area contributed by atoms with Crippen molar-refractivity contribution in [3.05, 3.63) is 41.5 Å². The van der Waals surface area contributed by atoms with Crippen molar-refractivity contribution < 1.29 is 13.9 Å². The van der Waals surface area contributed by atoms with E-state index < -0.39 is 11.9 Å². The third kappa shape index (κ3) is 3.05. The fraction of sp³-hybridized carbons (Fsp3) is 0.294. The zero-order valence-electron chi connectivity index (χ0n) is 14.1. The summed E-state index contributed by atoms with van der Waals surface area (Å²) in [6.07, 6.45) is 1.54. The minimum atomic E-state index is -0.546. The number of fused-ring (bicyclic) bond motifs is 1. The second kappa shape index (κ2) is 6.83. The summed E-state index contributed by atoms with van der Waals surface area (Å²) < 4.78 is 18.7. The van der Waals surface area contributed by atoms with Gasteiger partial charge < -0.3 is 14.5 Å². The smallest absolute Gasteiger partial charge is 0.376 e. The van der Waals surface area contributed by atoms with Crippen LogP contribution in [-0.2, 0) is 4.74 Å². The molecule has 0 aromatic carbocycles. The van der Waals surface area contributed by atoms with E-state index in [1.807, 2.05) is 11.4 Å². The Morgan fingerprint density at radius 2 is 1.92 bits per heavy atom. The van der Waals surface area contributed by atoms with Gasteiger partial charge in [-0.05, 0) is 23.6 Å². The van der Waals surface area contributed by atoms with Crippen LogP contribution in [0, 0.1) is 5.95 Å².